The van der Waals surface area contributed by atoms with Crippen molar-refractivity contribution in [3.05, 3.63) is 0 Å². The van der Waals surface area contributed by atoms with Crippen LogP contribution in [0.4, 0.5) is 0 Å². The minimum Gasteiger partial charge on any atom is -0.386 e. The number of hydrogen-bond donors (Lipinski definition) is 0. The van der Waals surface area contributed by atoms with Crippen molar-refractivity contribution >= 4 is 29.9 Å². The van der Waals surface area contributed by atoms with Gasteiger partial charge < -0.3 is 18.9 Å². The van der Waals surface area contributed by atoms with Crippen LogP contribution in [0, 0.1) is 17.3 Å². The van der Waals surface area contributed by atoms with Gasteiger partial charge in [-0.25, -0.2) is 0 Å². The third-order valence-corrected chi connectivity index (χ3v) is 5.94. The lowest BCUT2D eigenvalue weighted by Gasteiger charge is -2.57. The third kappa shape index (κ3) is 3.69. The maximum atomic E-state index is 6.15. The molecule has 2 aliphatic heterocycles. The number of rotatable bonds is 4. The molecule has 1 aliphatic carbocycles. The lowest BCUT2D eigenvalue weighted by molar-refractivity contribution is -0.0911. The topological polar surface area (TPSA) is 30.9 Å². The maximum Gasteiger partial charge on any atom is 0.640 e. The van der Waals surface area contributed by atoms with Gasteiger partial charge in [0.05, 0.1) is 0 Å². The van der Waals surface area contributed by atoms with Crippen molar-refractivity contribution in [2.24, 2.45) is 17.3 Å². The predicted molar refractivity (Wildman–Crippen MR) is 89.7 cm³/mol. The largest absolute Gasteiger partial charge is 0.640 e. The number of likely N-dealkylation sites (N-methyl/N-ethyl adjacent to an activating group) is 1. The van der Waals surface area contributed by atoms with Crippen LogP contribution >= 0.6 is 22.6 Å². The first-order chi connectivity index (χ1) is 9.23. The molecule has 0 aromatic carbocycles. The minimum absolute atomic E-state index is 0.231. The van der Waals surface area contributed by atoms with E-state index in [1.165, 1.54) is 6.42 Å². The van der Waals surface area contributed by atoms with E-state index in [1.54, 1.807) is 0 Å². The summed E-state index contributed by atoms with van der Waals surface area (Å²) in [7, 11) is 3.54. The molecule has 20 heavy (non-hydrogen) atoms. The van der Waals surface area contributed by atoms with Gasteiger partial charge in [0.1, 0.15) is 3.61 Å². The van der Waals surface area contributed by atoms with Gasteiger partial charge in [-0.3, -0.25) is 0 Å². The summed E-state index contributed by atoms with van der Waals surface area (Å²) in [5.41, 5.74) is 0.331. The van der Waals surface area contributed by atoms with E-state index in [2.05, 4.69) is 48.3 Å². The summed E-state index contributed by atoms with van der Waals surface area (Å²) in [6.45, 7) is 9.10. The van der Waals surface area contributed by atoms with E-state index in [-0.39, 0.29) is 3.61 Å². The van der Waals surface area contributed by atoms with Crippen LogP contribution in [0.3, 0.4) is 0 Å². The fourth-order valence-corrected chi connectivity index (χ4v) is 4.67. The Bertz CT molecular complexity index is 336. The number of alkyl halides is 1. The lowest BCUT2D eigenvalue weighted by Crippen LogP contribution is -2.55. The molecule has 116 valence electrons. The van der Waals surface area contributed by atoms with Gasteiger partial charge in [0, 0.05) is 25.7 Å². The van der Waals surface area contributed by atoms with E-state index in [9.17, 15) is 0 Å². The number of fused-ring (bicyclic) bond motifs is 5. The molecule has 0 N–H and O–H groups in total. The van der Waals surface area contributed by atoms with Crippen LogP contribution in [-0.2, 0) is 14.0 Å². The quantitative estimate of drug-likeness (QED) is 0.416. The molecular formula is C14H27BINO3. The highest BCUT2D eigenvalue weighted by Crippen LogP contribution is 2.60. The summed E-state index contributed by atoms with van der Waals surface area (Å²) in [6.07, 6.45) is 2.34. The fraction of sp³-hybridized carbons (Fsp3) is 1.00. The summed E-state index contributed by atoms with van der Waals surface area (Å²) < 4.78 is 17.5. The van der Waals surface area contributed by atoms with Crippen molar-refractivity contribution in [1.29, 1.82) is 0 Å². The van der Waals surface area contributed by atoms with E-state index >= 15 is 0 Å². The number of hydrogen-bond acceptors (Lipinski definition) is 4. The molecule has 3 aliphatic rings. The van der Waals surface area contributed by atoms with Crippen molar-refractivity contribution in [2.75, 3.05) is 33.9 Å². The Morgan fingerprint density at radius 2 is 2.05 bits per heavy atom. The second kappa shape index (κ2) is 6.40. The maximum absolute atomic E-state index is 6.15. The molecule has 2 bridgehead atoms. The van der Waals surface area contributed by atoms with Gasteiger partial charge in [-0.15, -0.1) is 0 Å². The van der Waals surface area contributed by atoms with Gasteiger partial charge in [0.25, 0.3) is 0 Å². The van der Waals surface area contributed by atoms with Gasteiger partial charge in [-0.05, 0) is 67.8 Å². The number of nitrogens with zero attached hydrogens (tertiary/aromatic N) is 1. The van der Waals surface area contributed by atoms with Crippen LogP contribution in [0.1, 0.15) is 33.6 Å². The Hall–Kier alpha value is 0.635. The molecule has 3 atom stereocenters. The smallest absolute Gasteiger partial charge is 0.386 e. The van der Waals surface area contributed by atoms with E-state index in [0.29, 0.717) is 17.9 Å². The molecule has 2 heterocycles. The molecule has 0 aromatic heterocycles. The normalized spacial score (nSPS) is 37.0. The van der Waals surface area contributed by atoms with Crippen molar-refractivity contribution < 1.29 is 14.0 Å². The fourth-order valence-electron chi connectivity index (χ4n) is 3.41. The van der Waals surface area contributed by atoms with Crippen molar-refractivity contribution in [2.45, 2.75) is 37.2 Å². The zero-order valence-electron chi connectivity index (χ0n) is 13.3. The highest BCUT2D eigenvalue weighted by molar-refractivity contribution is 14.1. The average molecular weight is 395 g/mol. The average Bonchev–Trinajstić information content (AvgIpc) is 2.38. The molecule has 0 amide bonds. The predicted octanol–water partition coefficient (Wildman–Crippen LogP) is 2.80. The first-order valence-electron chi connectivity index (χ1n) is 7.48. The van der Waals surface area contributed by atoms with Crippen LogP contribution in [0.15, 0.2) is 0 Å². The zero-order valence-corrected chi connectivity index (χ0v) is 15.5. The molecule has 4 nitrogen and oxygen atoms in total. The molecule has 3 fully saturated rings. The summed E-state index contributed by atoms with van der Waals surface area (Å²) >= 11 is 2.43. The molecule has 2 unspecified atom stereocenters. The lowest BCUT2D eigenvalue weighted by atomic mass is 9.52. The van der Waals surface area contributed by atoms with Gasteiger partial charge >= 0.3 is 7.32 Å². The zero-order chi connectivity index (χ0) is 15.0. The first-order valence-corrected chi connectivity index (χ1v) is 8.56. The molecule has 6 heteroatoms. The standard InChI is InChI=1S/C14H27BINO3/c1-13(2)11-6-8-18-15(19-9-7-17(4)5)20-14(3,16)12(13)10-11/h11-12H,6-10H2,1-5H3/t11?,12?,14-/m0/s1. The van der Waals surface area contributed by atoms with Crippen molar-refractivity contribution in [1.82, 2.24) is 4.90 Å². The molecule has 0 aromatic rings. The van der Waals surface area contributed by atoms with Gasteiger partial charge in [-0.2, -0.15) is 0 Å². The Morgan fingerprint density at radius 3 is 2.65 bits per heavy atom. The molecule has 3 rings (SSSR count). The molecule has 0 spiro atoms. The summed E-state index contributed by atoms with van der Waals surface area (Å²) in [5, 5.41) is 0. The minimum atomic E-state index is -0.535. The van der Waals surface area contributed by atoms with Crippen LogP contribution < -0.4 is 0 Å². The highest BCUT2D eigenvalue weighted by atomic mass is 127. The SMILES string of the molecule is CN(C)CCOB1OCCC2CC(C2(C)C)[C@@](C)(I)O1. The van der Waals surface area contributed by atoms with E-state index in [0.717, 1.165) is 25.5 Å². The van der Waals surface area contributed by atoms with E-state index in [1.807, 2.05) is 14.1 Å². The summed E-state index contributed by atoms with van der Waals surface area (Å²) in [6, 6.07) is 0. The summed E-state index contributed by atoms with van der Waals surface area (Å²) in [4.78, 5) is 2.10. The molecule has 0 radical (unpaired) electrons. The third-order valence-electron chi connectivity index (χ3n) is 4.93. The Balaban J connectivity index is 1.97. The second-order valence-corrected chi connectivity index (χ2v) is 9.17. The van der Waals surface area contributed by atoms with Gasteiger partial charge in [0.15, 0.2) is 0 Å². The molecule has 1 saturated carbocycles. The summed E-state index contributed by atoms with van der Waals surface area (Å²) in [5.74, 6) is 1.30. The molecule has 2 saturated heterocycles. The Morgan fingerprint density at radius 1 is 1.35 bits per heavy atom. The van der Waals surface area contributed by atoms with Gasteiger partial charge in [-0.1, -0.05) is 13.8 Å². The van der Waals surface area contributed by atoms with E-state index < -0.39 is 7.32 Å². The van der Waals surface area contributed by atoms with Crippen LogP contribution in [0.2, 0.25) is 0 Å². The molecular weight excluding hydrogens is 368 g/mol. The van der Waals surface area contributed by atoms with Crippen LogP contribution in [0.25, 0.3) is 0 Å². The van der Waals surface area contributed by atoms with Crippen LogP contribution in [-0.4, -0.2) is 49.7 Å². The van der Waals surface area contributed by atoms with Crippen molar-refractivity contribution in [3.8, 4) is 0 Å². The van der Waals surface area contributed by atoms with Gasteiger partial charge in [0.2, 0.25) is 0 Å². The van der Waals surface area contributed by atoms with Crippen LogP contribution in [0.5, 0.6) is 0 Å². The monoisotopic (exact) mass is 395 g/mol. The Labute approximate surface area is 137 Å². The first kappa shape index (κ1) is 17.0. The van der Waals surface area contributed by atoms with E-state index in [4.69, 9.17) is 14.0 Å². The number of halogens is 1. The highest BCUT2D eigenvalue weighted by Gasteiger charge is 2.57. The van der Waals surface area contributed by atoms with Crippen molar-refractivity contribution in [3.63, 3.8) is 0 Å². The Kier molecular flexibility index (Phi) is 5.44. The second-order valence-electron chi connectivity index (χ2n) is 7.03.